The maximum absolute atomic E-state index is 5.92. The first-order chi connectivity index (χ1) is 7.65. The van der Waals surface area contributed by atoms with Crippen LogP contribution >= 0.6 is 11.6 Å². The lowest BCUT2D eigenvalue weighted by atomic mass is 10.2. The standard InChI is InChI=1S/C13H16ClNO/c1-9(2)15-6-5-12-8-10-7-11(14)3-4-13(10)16-12/h3-4,7-9,15H,5-6H2,1-2H3. The van der Waals surface area contributed by atoms with Gasteiger partial charge in [0.1, 0.15) is 11.3 Å². The highest BCUT2D eigenvalue weighted by atomic mass is 35.5. The van der Waals surface area contributed by atoms with Crippen LogP contribution in [-0.4, -0.2) is 12.6 Å². The highest BCUT2D eigenvalue weighted by Crippen LogP contribution is 2.23. The van der Waals surface area contributed by atoms with Crippen molar-refractivity contribution in [3.63, 3.8) is 0 Å². The van der Waals surface area contributed by atoms with Crippen LogP contribution in [0.1, 0.15) is 19.6 Å². The van der Waals surface area contributed by atoms with Gasteiger partial charge in [0.15, 0.2) is 0 Å². The molecule has 0 saturated carbocycles. The summed E-state index contributed by atoms with van der Waals surface area (Å²) >= 11 is 5.92. The third-order valence-electron chi connectivity index (χ3n) is 2.45. The van der Waals surface area contributed by atoms with Gasteiger partial charge in [0.2, 0.25) is 0 Å². The van der Waals surface area contributed by atoms with Gasteiger partial charge in [0, 0.05) is 29.4 Å². The van der Waals surface area contributed by atoms with Gasteiger partial charge in [-0.3, -0.25) is 0 Å². The second-order valence-corrected chi connectivity index (χ2v) is 4.69. The molecule has 0 atom stereocenters. The summed E-state index contributed by atoms with van der Waals surface area (Å²) in [4.78, 5) is 0. The molecule has 0 aliphatic heterocycles. The van der Waals surface area contributed by atoms with E-state index in [1.807, 2.05) is 18.2 Å². The Hall–Kier alpha value is -0.990. The number of furan rings is 1. The number of halogens is 1. The van der Waals surface area contributed by atoms with Crippen LogP contribution in [-0.2, 0) is 6.42 Å². The summed E-state index contributed by atoms with van der Waals surface area (Å²) < 4.78 is 5.71. The quantitative estimate of drug-likeness (QED) is 0.879. The molecule has 2 nitrogen and oxygen atoms in total. The topological polar surface area (TPSA) is 25.2 Å². The Labute approximate surface area is 101 Å². The minimum absolute atomic E-state index is 0.513. The van der Waals surface area contributed by atoms with E-state index in [9.17, 15) is 0 Å². The highest BCUT2D eigenvalue weighted by molar-refractivity contribution is 6.31. The highest BCUT2D eigenvalue weighted by Gasteiger charge is 2.04. The van der Waals surface area contributed by atoms with E-state index >= 15 is 0 Å². The summed E-state index contributed by atoms with van der Waals surface area (Å²) in [5.74, 6) is 1.01. The number of nitrogens with one attached hydrogen (secondary N) is 1. The van der Waals surface area contributed by atoms with Crippen molar-refractivity contribution in [2.45, 2.75) is 26.3 Å². The van der Waals surface area contributed by atoms with E-state index < -0.39 is 0 Å². The first-order valence-electron chi connectivity index (χ1n) is 5.56. The van der Waals surface area contributed by atoms with E-state index in [4.69, 9.17) is 16.0 Å². The Bertz CT molecular complexity index is 476. The monoisotopic (exact) mass is 237 g/mol. The maximum atomic E-state index is 5.92. The number of fused-ring (bicyclic) bond motifs is 1. The van der Waals surface area contributed by atoms with Gasteiger partial charge in [-0.15, -0.1) is 0 Å². The molecule has 0 fully saturated rings. The molecule has 2 aromatic rings. The van der Waals surface area contributed by atoms with Gasteiger partial charge < -0.3 is 9.73 Å². The van der Waals surface area contributed by atoms with E-state index in [1.165, 1.54) is 0 Å². The fourth-order valence-corrected chi connectivity index (χ4v) is 1.86. The molecule has 1 aromatic heterocycles. The number of hydrogen-bond acceptors (Lipinski definition) is 2. The molecule has 16 heavy (non-hydrogen) atoms. The lowest BCUT2D eigenvalue weighted by Gasteiger charge is -2.05. The fourth-order valence-electron chi connectivity index (χ4n) is 1.68. The van der Waals surface area contributed by atoms with Gasteiger partial charge in [-0.05, 0) is 24.3 Å². The Morgan fingerprint density at radius 2 is 2.12 bits per heavy atom. The Kier molecular flexibility index (Phi) is 3.52. The van der Waals surface area contributed by atoms with Crippen molar-refractivity contribution in [2.75, 3.05) is 6.54 Å². The second-order valence-electron chi connectivity index (χ2n) is 4.25. The van der Waals surface area contributed by atoms with Crippen LogP contribution in [0.3, 0.4) is 0 Å². The molecular formula is C13H16ClNO. The van der Waals surface area contributed by atoms with Crippen molar-refractivity contribution in [1.82, 2.24) is 5.32 Å². The summed E-state index contributed by atoms with van der Waals surface area (Å²) in [6.07, 6.45) is 0.907. The first-order valence-corrected chi connectivity index (χ1v) is 5.94. The van der Waals surface area contributed by atoms with Crippen molar-refractivity contribution < 1.29 is 4.42 Å². The van der Waals surface area contributed by atoms with E-state index in [2.05, 4.69) is 25.2 Å². The first kappa shape index (κ1) is 11.5. The molecule has 0 bridgehead atoms. The molecule has 3 heteroatoms. The third-order valence-corrected chi connectivity index (χ3v) is 2.69. The maximum Gasteiger partial charge on any atom is 0.134 e. The van der Waals surface area contributed by atoms with Crippen molar-refractivity contribution in [2.24, 2.45) is 0 Å². The molecule has 0 radical (unpaired) electrons. The SMILES string of the molecule is CC(C)NCCc1cc2cc(Cl)ccc2o1. The second kappa shape index (κ2) is 4.89. The molecule has 0 saturated heterocycles. The molecule has 2 rings (SSSR count). The average molecular weight is 238 g/mol. The largest absolute Gasteiger partial charge is 0.461 e. The minimum atomic E-state index is 0.513. The number of rotatable bonds is 4. The smallest absolute Gasteiger partial charge is 0.134 e. The van der Waals surface area contributed by atoms with Crippen LogP contribution in [0.4, 0.5) is 0 Å². The summed E-state index contributed by atoms with van der Waals surface area (Å²) in [5.41, 5.74) is 0.906. The van der Waals surface area contributed by atoms with Gasteiger partial charge in [0.05, 0.1) is 0 Å². The molecule has 1 aromatic carbocycles. The molecule has 0 unspecified atom stereocenters. The van der Waals surface area contributed by atoms with E-state index in [0.717, 1.165) is 34.7 Å². The summed E-state index contributed by atoms with van der Waals surface area (Å²) in [7, 11) is 0. The summed E-state index contributed by atoms with van der Waals surface area (Å²) in [5, 5.41) is 5.19. The summed E-state index contributed by atoms with van der Waals surface area (Å²) in [6.45, 7) is 5.21. The predicted molar refractivity (Wildman–Crippen MR) is 68.1 cm³/mol. The number of hydrogen-bond donors (Lipinski definition) is 1. The zero-order valence-electron chi connectivity index (χ0n) is 9.59. The Balaban J connectivity index is 2.08. The van der Waals surface area contributed by atoms with Crippen molar-refractivity contribution in [1.29, 1.82) is 0 Å². The lowest BCUT2D eigenvalue weighted by molar-refractivity contribution is 0.516. The molecule has 0 aliphatic rings. The number of benzene rings is 1. The zero-order valence-corrected chi connectivity index (χ0v) is 10.3. The van der Waals surface area contributed by atoms with E-state index in [-0.39, 0.29) is 0 Å². The lowest BCUT2D eigenvalue weighted by Crippen LogP contribution is -2.24. The average Bonchev–Trinajstić information content (AvgIpc) is 2.58. The van der Waals surface area contributed by atoms with Gasteiger partial charge in [-0.25, -0.2) is 0 Å². The van der Waals surface area contributed by atoms with Crippen LogP contribution in [0.5, 0.6) is 0 Å². The minimum Gasteiger partial charge on any atom is -0.461 e. The van der Waals surface area contributed by atoms with Crippen LogP contribution in [0, 0.1) is 0 Å². The molecule has 0 aliphatic carbocycles. The van der Waals surface area contributed by atoms with Gasteiger partial charge >= 0.3 is 0 Å². The molecule has 1 heterocycles. The molecule has 86 valence electrons. The predicted octanol–water partition coefficient (Wildman–Crippen LogP) is 3.63. The molecular weight excluding hydrogens is 222 g/mol. The third kappa shape index (κ3) is 2.77. The molecule has 0 spiro atoms. The molecule has 0 amide bonds. The Morgan fingerprint density at radius 1 is 1.31 bits per heavy atom. The summed E-state index contributed by atoms with van der Waals surface area (Å²) in [6, 6.07) is 8.27. The van der Waals surface area contributed by atoms with Gasteiger partial charge in [0.25, 0.3) is 0 Å². The zero-order chi connectivity index (χ0) is 11.5. The van der Waals surface area contributed by atoms with Crippen molar-refractivity contribution >= 4 is 22.6 Å². The Morgan fingerprint density at radius 3 is 2.88 bits per heavy atom. The van der Waals surface area contributed by atoms with Crippen molar-refractivity contribution in [3.8, 4) is 0 Å². The van der Waals surface area contributed by atoms with Crippen LogP contribution < -0.4 is 5.32 Å². The van der Waals surface area contributed by atoms with Crippen molar-refractivity contribution in [3.05, 3.63) is 35.0 Å². The van der Waals surface area contributed by atoms with Crippen LogP contribution in [0.25, 0.3) is 11.0 Å². The normalized spacial score (nSPS) is 11.5. The van der Waals surface area contributed by atoms with E-state index in [0.29, 0.717) is 6.04 Å². The van der Waals surface area contributed by atoms with E-state index in [1.54, 1.807) is 0 Å². The van der Waals surface area contributed by atoms with Gasteiger partial charge in [-0.1, -0.05) is 25.4 Å². The fraction of sp³-hybridized carbons (Fsp3) is 0.385. The van der Waals surface area contributed by atoms with Crippen LogP contribution in [0.15, 0.2) is 28.7 Å². The van der Waals surface area contributed by atoms with Crippen LogP contribution in [0.2, 0.25) is 5.02 Å². The molecule has 1 N–H and O–H groups in total. The van der Waals surface area contributed by atoms with Gasteiger partial charge in [-0.2, -0.15) is 0 Å².